The van der Waals surface area contributed by atoms with Gasteiger partial charge in [0.15, 0.2) is 17.1 Å². The highest BCUT2D eigenvalue weighted by molar-refractivity contribution is 6.31. The molecule has 138 valence electrons. The van der Waals surface area contributed by atoms with Crippen molar-refractivity contribution < 1.29 is 23.8 Å². The minimum atomic E-state index is -0.856. The van der Waals surface area contributed by atoms with Gasteiger partial charge in [-0.3, -0.25) is 9.59 Å². The number of halogens is 1. The number of fused-ring (bicyclic) bond motifs is 3. The van der Waals surface area contributed by atoms with Crippen molar-refractivity contribution in [2.24, 2.45) is 5.41 Å². The predicted octanol–water partition coefficient (Wildman–Crippen LogP) is 3.95. The van der Waals surface area contributed by atoms with Crippen molar-refractivity contribution in [3.8, 4) is 5.75 Å². The van der Waals surface area contributed by atoms with Gasteiger partial charge in [0, 0.05) is 28.6 Å². The largest absolute Gasteiger partial charge is 0.493 e. The van der Waals surface area contributed by atoms with Crippen molar-refractivity contribution in [3.05, 3.63) is 29.0 Å². The third kappa shape index (κ3) is 2.24. The molecule has 0 aliphatic carbocycles. The van der Waals surface area contributed by atoms with Gasteiger partial charge in [-0.25, -0.2) is 0 Å². The lowest BCUT2D eigenvalue weighted by molar-refractivity contribution is -0.151. The molecule has 4 rings (SSSR count). The van der Waals surface area contributed by atoms with E-state index >= 15 is 0 Å². The zero-order valence-electron chi connectivity index (χ0n) is 14.6. The number of carbonyl (C=O) groups excluding carboxylic acids is 1. The topological polar surface area (TPSA) is 80.0 Å². The first-order chi connectivity index (χ1) is 12.4. The van der Waals surface area contributed by atoms with E-state index in [9.17, 15) is 14.7 Å². The lowest BCUT2D eigenvalue weighted by Crippen LogP contribution is -2.44. The first kappa shape index (κ1) is 17.2. The molecule has 2 fully saturated rings. The van der Waals surface area contributed by atoms with Crippen molar-refractivity contribution in [1.82, 2.24) is 4.90 Å². The Morgan fingerprint density at radius 2 is 2.15 bits per heavy atom. The van der Waals surface area contributed by atoms with Gasteiger partial charge in [-0.1, -0.05) is 18.5 Å². The van der Waals surface area contributed by atoms with E-state index in [1.54, 1.807) is 23.1 Å². The Bertz CT molecular complexity index is 907. The van der Waals surface area contributed by atoms with E-state index in [2.05, 4.69) is 0 Å². The smallest absolute Gasteiger partial charge is 0.311 e. The lowest BCUT2D eigenvalue weighted by atomic mass is 9.72. The molecule has 2 aliphatic rings. The standard InChI is InChI=1S/C19H20ClNO5/c1-3-19(18(23)24)9-12-4-5-15(19)21(12)17(22)14-7-10-6-11(20)8-13(25-2)16(10)26-14/h6-8,12,15H,3-5,9H2,1-2H3,(H,23,24)/t12-,15+,19+/m0/s1. The summed E-state index contributed by atoms with van der Waals surface area (Å²) in [5, 5.41) is 11.0. The Morgan fingerprint density at radius 1 is 1.38 bits per heavy atom. The minimum Gasteiger partial charge on any atom is -0.493 e. The van der Waals surface area contributed by atoms with Crippen molar-refractivity contribution in [1.29, 1.82) is 0 Å². The van der Waals surface area contributed by atoms with Gasteiger partial charge in [-0.2, -0.15) is 0 Å². The molecule has 2 saturated heterocycles. The van der Waals surface area contributed by atoms with Crippen LogP contribution in [0.1, 0.15) is 43.2 Å². The van der Waals surface area contributed by atoms with Gasteiger partial charge in [-0.05, 0) is 37.8 Å². The maximum absolute atomic E-state index is 13.2. The van der Waals surface area contributed by atoms with E-state index in [4.69, 9.17) is 20.8 Å². The van der Waals surface area contributed by atoms with Crippen LogP contribution in [-0.2, 0) is 4.79 Å². The predicted molar refractivity (Wildman–Crippen MR) is 95.7 cm³/mol. The van der Waals surface area contributed by atoms with Crippen LogP contribution in [0.5, 0.6) is 5.75 Å². The van der Waals surface area contributed by atoms with Gasteiger partial charge >= 0.3 is 5.97 Å². The van der Waals surface area contributed by atoms with Gasteiger partial charge in [-0.15, -0.1) is 0 Å². The summed E-state index contributed by atoms with van der Waals surface area (Å²) in [6, 6.07) is 4.65. The van der Waals surface area contributed by atoms with Crippen LogP contribution in [0, 0.1) is 5.41 Å². The number of methoxy groups -OCH3 is 1. The zero-order chi connectivity index (χ0) is 18.6. The molecule has 3 atom stereocenters. The van der Waals surface area contributed by atoms with Gasteiger partial charge in [0.25, 0.3) is 5.91 Å². The number of carboxylic acid groups (broad SMARTS) is 1. The van der Waals surface area contributed by atoms with E-state index in [0.717, 1.165) is 6.42 Å². The second kappa shape index (κ2) is 5.91. The molecule has 1 aromatic carbocycles. The number of carbonyl (C=O) groups is 2. The Balaban J connectivity index is 1.73. The number of hydrogen-bond donors (Lipinski definition) is 1. The maximum Gasteiger partial charge on any atom is 0.311 e. The number of nitrogens with zero attached hydrogens (tertiary/aromatic N) is 1. The van der Waals surface area contributed by atoms with Gasteiger partial charge in [0.05, 0.1) is 12.5 Å². The van der Waals surface area contributed by atoms with Crippen LogP contribution in [0.2, 0.25) is 5.02 Å². The van der Waals surface area contributed by atoms with Gasteiger partial charge in [0.2, 0.25) is 0 Å². The van der Waals surface area contributed by atoms with E-state index in [-0.39, 0.29) is 23.8 Å². The van der Waals surface area contributed by atoms with Crippen molar-refractivity contribution in [2.45, 2.75) is 44.7 Å². The third-order valence-corrected chi connectivity index (χ3v) is 6.23. The number of amides is 1. The number of benzene rings is 1. The zero-order valence-corrected chi connectivity index (χ0v) is 15.4. The SMILES string of the molecule is CC[C@@]1(C(=O)O)C[C@@H]2CC[C@H]1N2C(=O)c1cc2cc(Cl)cc(OC)c2o1. The third-order valence-electron chi connectivity index (χ3n) is 6.01. The number of carboxylic acids is 1. The second-order valence-corrected chi connectivity index (χ2v) is 7.55. The minimum absolute atomic E-state index is 0.0535. The fraction of sp³-hybridized carbons (Fsp3) is 0.474. The highest BCUT2D eigenvalue weighted by atomic mass is 35.5. The molecule has 0 unspecified atom stereocenters. The average Bonchev–Trinajstić information content (AvgIpc) is 3.31. The molecule has 26 heavy (non-hydrogen) atoms. The first-order valence-corrected chi connectivity index (χ1v) is 9.12. The summed E-state index contributed by atoms with van der Waals surface area (Å²) in [6.07, 6.45) is 2.56. The van der Waals surface area contributed by atoms with Crippen LogP contribution < -0.4 is 4.74 Å². The van der Waals surface area contributed by atoms with Crippen LogP contribution in [0.4, 0.5) is 0 Å². The molecule has 3 heterocycles. The Kier molecular flexibility index (Phi) is 3.91. The molecule has 1 aromatic heterocycles. The van der Waals surface area contributed by atoms with Crippen LogP contribution in [0.25, 0.3) is 11.0 Å². The Labute approximate surface area is 155 Å². The van der Waals surface area contributed by atoms with E-state index in [0.29, 0.717) is 41.0 Å². The lowest BCUT2D eigenvalue weighted by Gasteiger charge is -2.32. The summed E-state index contributed by atoms with van der Waals surface area (Å²) < 4.78 is 11.1. The molecule has 0 radical (unpaired) electrons. The van der Waals surface area contributed by atoms with E-state index in [1.807, 2.05) is 6.92 Å². The first-order valence-electron chi connectivity index (χ1n) is 8.74. The molecular weight excluding hydrogens is 358 g/mol. The molecule has 2 bridgehead atoms. The molecule has 1 N–H and O–H groups in total. The average molecular weight is 378 g/mol. The van der Waals surface area contributed by atoms with Gasteiger partial charge < -0.3 is 19.2 Å². The number of aliphatic carboxylic acids is 1. The number of ether oxygens (including phenoxy) is 1. The summed E-state index contributed by atoms with van der Waals surface area (Å²) in [7, 11) is 1.51. The highest BCUT2D eigenvalue weighted by Gasteiger charge is 2.60. The number of hydrogen-bond acceptors (Lipinski definition) is 4. The second-order valence-electron chi connectivity index (χ2n) is 7.12. The molecule has 2 aromatic rings. The fourth-order valence-electron chi connectivity index (χ4n) is 4.72. The molecular formula is C19H20ClNO5. The fourth-order valence-corrected chi connectivity index (χ4v) is 4.94. The molecule has 7 heteroatoms. The van der Waals surface area contributed by atoms with Crippen LogP contribution in [0.3, 0.4) is 0 Å². The summed E-state index contributed by atoms with van der Waals surface area (Å²) in [5.41, 5.74) is -0.391. The van der Waals surface area contributed by atoms with E-state index < -0.39 is 11.4 Å². The van der Waals surface area contributed by atoms with Crippen LogP contribution in [0.15, 0.2) is 22.6 Å². The van der Waals surface area contributed by atoms with Gasteiger partial charge in [0.1, 0.15) is 0 Å². The van der Waals surface area contributed by atoms with Crippen molar-refractivity contribution in [3.63, 3.8) is 0 Å². The van der Waals surface area contributed by atoms with Crippen molar-refractivity contribution >= 4 is 34.4 Å². The summed E-state index contributed by atoms with van der Waals surface area (Å²) in [6.45, 7) is 1.88. The number of rotatable bonds is 4. The quantitative estimate of drug-likeness (QED) is 0.872. The molecule has 0 spiro atoms. The summed E-state index contributed by atoms with van der Waals surface area (Å²) in [5.74, 6) is -0.425. The summed E-state index contributed by atoms with van der Waals surface area (Å²) >= 11 is 6.08. The molecule has 0 saturated carbocycles. The number of furan rings is 1. The Morgan fingerprint density at radius 3 is 2.77 bits per heavy atom. The van der Waals surface area contributed by atoms with Crippen LogP contribution >= 0.6 is 11.6 Å². The monoisotopic (exact) mass is 377 g/mol. The normalized spacial score (nSPS) is 27.3. The van der Waals surface area contributed by atoms with Crippen LogP contribution in [-0.4, -0.2) is 41.1 Å². The maximum atomic E-state index is 13.2. The molecule has 1 amide bonds. The molecule has 6 nitrogen and oxygen atoms in total. The van der Waals surface area contributed by atoms with E-state index in [1.165, 1.54) is 7.11 Å². The Hall–Kier alpha value is -2.21. The molecule has 2 aliphatic heterocycles. The highest BCUT2D eigenvalue weighted by Crippen LogP contribution is 2.52. The summed E-state index contributed by atoms with van der Waals surface area (Å²) in [4.78, 5) is 26.8. The van der Waals surface area contributed by atoms with Crippen molar-refractivity contribution in [2.75, 3.05) is 7.11 Å².